The first kappa shape index (κ1) is 17.2. The summed E-state index contributed by atoms with van der Waals surface area (Å²) in [5.41, 5.74) is 0. The molecule has 0 fully saturated rings. The van der Waals surface area contributed by atoms with Gasteiger partial charge in [-0.05, 0) is 6.42 Å². The number of esters is 1. The van der Waals surface area contributed by atoms with E-state index in [-0.39, 0.29) is 5.97 Å². The average Bonchev–Trinajstić information content (AvgIpc) is 2.34. The van der Waals surface area contributed by atoms with Gasteiger partial charge in [0, 0.05) is 10.8 Å². The fraction of sp³-hybridized carbons (Fsp3) is 0.929. The highest BCUT2D eigenvalue weighted by molar-refractivity contribution is 14.1. The van der Waals surface area contributed by atoms with E-state index in [9.17, 15) is 4.79 Å². The van der Waals surface area contributed by atoms with E-state index in [0.29, 0.717) is 13.0 Å². The summed E-state index contributed by atoms with van der Waals surface area (Å²) in [5.74, 6) is -0.0235. The molecule has 0 unspecified atom stereocenters. The van der Waals surface area contributed by atoms with E-state index in [1.54, 1.807) is 0 Å². The zero-order valence-electron chi connectivity index (χ0n) is 11.2. The Labute approximate surface area is 120 Å². The largest absolute Gasteiger partial charge is 0.465 e. The van der Waals surface area contributed by atoms with Gasteiger partial charge in [0.15, 0.2) is 0 Å². The Morgan fingerprint density at radius 3 is 2.00 bits per heavy atom. The topological polar surface area (TPSA) is 26.3 Å². The lowest BCUT2D eigenvalue weighted by Crippen LogP contribution is -2.05. The van der Waals surface area contributed by atoms with E-state index in [2.05, 4.69) is 29.5 Å². The van der Waals surface area contributed by atoms with Gasteiger partial charge in [0.2, 0.25) is 0 Å². The molecule has 0 aromatic carbocycles. The highest BCUT2D eigenvalue weighted by Crippen LogP contribution is 2.10. The van der Waals surface area contributed by atoms with Crippen LogP contribution >= 0.6 is 22.6 Å². The van der Waals surface area contributed by atoms with Gasteiger partial charge < -0.3 is 4.74 Å². The number of ether oxygens (including phenoxy) is 1. The van der Waals surface area contributed by atoms with Crippen molar-refractivity contribution in [3.8, 4) is 0 Å². The zero-order valence-corrected chi connectivity index (χ0v) is 13.3. The monoisotopic (exact) mass is 354 g/mol. The maximum Gasteiger partial charge on any atom is 0.305 e. The first-order valence-corrected chi connectivity index (χ1v) is 8.55. The Morgan fingerprint density at radius 2 is 1.47 bits per heavy atom. The normalized spacial score (nSPS) is 10.5. The minimum Gasteiger partial charge on any atom is -0.465 e. The van der Waals surface area contributed by atoms with Crippen LogP contribution in [0, 0.1) is 0 Å². The van der Waals surface area contributed by atoms with Crippen LogP contribution in [0.25, 0.3) is 0 Å². The van der Waals surface area contributed by atoms with Gasteiger partial charge in [-0.2, -0.15) is 0 Å². The number of hydrogen-bond acceptors (Lipinski definition) is 2. The van der Waals surface area contributed by atoms with Crippen molar-refractivity contribution < 1.29 is 9.53 Å². The van der Waals surface area contributed by atoms with Crippen LogP contribution in [-0.4, -0.2) is 17.0 Å². The molecule has 102 valence electrons. The highest BCUT2D eigenvalue weighted by Gasteiger charge is 2.01. The summed E-state index contributed by atoms with van der Waals surface area (Å²) in [6.45, 7) is 2.81. The Hall–Kier alpha value is 0.200. The molecule has 0 atom stereocenters. The van der Waals surface area contributed by atoms with Crippen molar-refractivity contribution in [2.24, 2.45) is 0 Å². The van der Waals surface area contributed by atoms with Crippen LogP contribution in [0.5, 0.6) is 0 Å². The van der Waals surface area contributed by atoms with Gasteiger partial charge in [-0.25, -0.2) is 0 Å². The van der Waals surface area contributed by atoms with E-state index in [4.69, 9.17) is 4.74 Å². The molecule has 0 bridgehead atoms. The standard InChI is InChI=1S/C14H27IO2/c1-2-3-4-5-6-7-8-9-10-11-14(16)17-13-12-15/h2-13H2,1H3. The van der Waals surface area contributed by atoms with Crippen molar-refractivity contribution in [2.75, 3.05) is 11.0 Å². The van der Waals surface area contributed by atoms with Gasteiger partial charge in [0.25, 0.3) is 0 Å². The number of halogens is 1. The third-order valence-corrected chi connectivity index (χ3v) is 3.27. The smallest absolute Gasteiger partial charge is 0.305 e. The van der Waals surface area contributed by atoms with Crippen LogP contribution in [0.4, 0.5) is 0 Å². The average molecular weight is 354 g/mol. The van der Waals surface area contributed by atoms with Crippen molar-refractivity contribution in [1.82, 2.24) is 0 Å². The number of alkyl halides is 1. The summed E-state index contributed by atoms with van der Waals surface area (Å²) in [5, 5.41) is 0. The van der Waals surface area contributed by atoms with Gasteiger partial charge in [0.05, 0.1) is 0 Å². The second-order valence-electron chi connectivity index (χ2n) is 4.49. The van der Waals surface area contributed by atoms with Gasteiger partial charge >= 0.3 is 5.97 Å². The number of carbonyl (C=O) groups excluding carboxylic acids is 1. The zero-order chi connectivity index (χ0) is 12.8. The molecule has 2 nitrogen and oxygen atoms in total. The molecule has 0 aliphatic rings. The summed E-state index contributed by atoms with van der Waals surface area (Å²) < 4.78 is 5.91. The molecule has 0 aliphatic carbocycles. The van der Waals surface area contributed by atoms with Crippen LogP contribution in [0.15, 0.2) is 0 Å². The number of unbranched alkanes of at least 4 members (excludes halogenated alkanes) is 8. The first-order chi connectivity index (χ1) is 8.31. The molecular formula is C14H27IO2. The Morgan fingerprint density at radius 1 is 0.941 bits per heavy atom. The van der Waals surface area contributed by atoms with Crippen molar-refractivity contribution in [3.05, 3.63) is 0 Å². The predicted molar refractivity (Wildman–Crippen MR) is 81.7 cm³/mol. The van der Waals surface area contributed by atoms with Crippen molar-refractivity contribution in [3.63, 3.8) is 0 Å². The molecule has 0 saturated heterocycles. The SMILES string of the molecule is CCCCCCCCCCCC(=O)OCCI. The quantitative estimate of drug-likeness (QED) is 0.216. The summed E-state index contributed by atoms with van der Waals surface area (Å²) in [6, 6.07) is 0. The number of hydrogen-bond donors (Lipinski definition) is 0. The molecule has 0 amide bonds. The molecule has 0 saturated carbocycles. The minimum atomic E-state index is -0.0235. The van der Waals surface area contributed by atoms with Gasteiger partial charge in [-0.15, -0.1) is 0 Å². The van der Waals surface area contributed by atoms with Crippen LogP contribution in [0.2, 0.25) is 0 Å². The predicted octanol–water partition coefficient (Wildman–Crippen LogP) is 4.89. The molecular weight excluding hydrogens is 327 g/mol. The Kier molecular flexibility index (Phi) is 14.4. The summed E-state index contributed by atoms with van der Waals surface area (Å²) in [7, 11) is 0. The maximum absolute atomic E-state index is 11.2. The summed E-state index contributed by atoms with van der Waals surface area (Å²) in [4.78, 5) is 11.2. The van der Waals surface area contributed by atoms with Crippen LogP contribution < -0.4 is 0 Å². The highest BCUT2D eigenvalue weighted by atomic mass is 127. The van der Waals surface area contributed by atoms with Crippen LogP contribution in [-0.2, 0) is 9.53 Å². The second kappa shape index (κ2) is 14.3. The Balaban J connectivity index is 3.05. The van der Waals surface area contributed by atoms with Crippen molar-refractivity contribution in [2.45, 2.75) is 71.1 Å². The van der Waals surface area contributed by atoms with Crippen molar-refractivity contribution in [1.29, 1.82) is 0 Å². The summed E-state index contributed by atoms with van der Waals surface area (Å²) in [6.07, 6.45) is 12.2. The van der Waals surface area contributed by atoms with Crippen molar-refractivity contribution >= 4 is 28.6 Å². The third kappa shape index (κ3) is 14.1. The lowest BCUT2D eigenvalue weighted by Gasteiger charge is -2.03. The number of rotatable bonds is 12. The molecule has 0 aromatic rings. The molecule has 3 heteroatoms. The molecule has 0 spiro atoms. The molecule has 17 heavy (non-hydrogen) atoms. The maximum atomic E-state index is 11.2. The van der Waals surface area contributed by atoms with E-state index in [1.165, 1.54) is 51.4 Å². The fourth-order valence-corrected chi connectivity index (χ4v) is 2.02. The molecule has 0 aromatic heterocycles. The van der Waals surface area contributed by atoms with E-state index in [0.717, 1.165) is 10.8 Å². The lowest BCUT2D eigenvalue weighted by molar-refractivity contribution is -0.143. The van der Waals surface area contributed by atoms with Crippen LogP contribution in [0.3, 0.4) is 0 Å². The van der Waals surface area contributed by atoms with E-state index < -0.39 is 0 Å². The van der Waals surface area contributed by atoms with Gasteiger partial charge in [-0.1, -0.05) is 80.9 Å². The van der Waals surface area contributed by atoms with Gasteiger partial charge in [-0.3, -0.25) is 4.79 Å². The lowest BCUT2D eigenvalue weighted by atomic mass is 10.1. The Bertz CT molecular complexity index is 172. The molecule has 0 heterocycles. The third-order valence-electron chi connectivity index (χ3n) is 2.82. The first-order valence-electron chi connectivity index (χ1n) is 7.02. The molecule has 0 rings (SSSR count). The summed E-state index contributed by atoms with van der Waals surface area (Å²) >= 11 is 2.21. The second-order valence-corrected chi connectivity index (χ2v) is 5.57. The van der Waals surface area contributed by atoms with Gasteiger partial charge in [0.1, 0.15) is 6.61 Å². The molecule has 0 N–H and O–H groups in total. The molecule has 0 radical (unpaired) electrons. The van der Waals surface area contributed by atoms with E-state index >= 15 is 0 Å². The fourth-order valence-electron chi connectivity index (χ4n) is 1.80. The molecule has 0 aliphatic heterocycles. The minimum absolute atomic E-state index is 0.0235. The van der Waals surface area contributed by atoms with Crippen LogP contribution in [0.1, 0.15) is 71.1 Å². The van der Waals surface area contributed by atoms with E-state index in [1.807, 2.05) is 0 Å². The number of carbonyl (C=O) groups is 1.